The number of aliphatic hydroxyl groups excluding tert-OH is 1. The lowest BCUT2D eigenvalue weighted by atomic mass is 10.3. The molecule has 0 saturated heterocycles. The van der Waals surface area contributed by atoms with Crippen molar-refractivity contribution in [2.45, 2.75) is 26.0 Å². The summed E-state index contributed by atoms with van der Waals surface area (Å²) in [5, 5.41) is 16.1. The highest BCUT2D eigenvalue weighted by atomic mass is 32.1. The first-order chi connectivity index (χ1) is 10.0. The Hall–Kier alpha value is -1.50. The van der Waals surface area contributed by atoms with Crippen LogP contribution in [0.5, 0.6) is 5.75 Å². The van der Waals surface area contributed by atoms with Crippen LogP contribution in [-0.4, -0.2) is 29.3 Å². The molecule has 1 aromatic heterocycles. The Labute approximate surface area is 127 Å². The number of halogens is 1. The van der Waals surface area contributed by atoms with Crippen molar-refractivity contribution < 1.29 is 14.2 Å². The van der Waals surface area contributed by atoms with Gasteiger partial charge in [0, 0.05) is 17.6 Å². The fraction of sp³-hybridized carbons (Fsp3) is 0.400. The molecule has 0 bridgehead atoms. The number of aromatic nitrogens is 1. The Morgan fingerprint density at radius 3 is 2.71 bits per heavy atom. The zero-order valence-electron chi connectivity index (χ0n) is 12.0. The van der Waals surface area contributed by atoms with Gasteiger partial charge in [-0.3, -0.25) is 0 Å². The van der Waals surface area contributed by atoms with E-state index in [4.69, 9.17) is 4.74 Å². The number of hydrogen-bond donors (Lipinski definition) is 2. The zero-order chi connectivity index (χ0) is 15.2. The van der Waals surface area contributed by atoms with Crippen molar-refractivity contribution in [3.63, 3.8) is 0 Å². The van der Waals surface area contributed by atoms with E-state index in [2.05, 4.69) is 10.3 Å². The second kappa shape index (κ2) is 7.49. The van der Waals surface area contributed by atoms with Crippen molar-refractivity contribution in [2.24, 2.45) is 0 Å². The third-order valence-corrected chi connectivity index (χ3v) is 4.07. The number of ether oxygens (including phenoxy) is 1. The fourth-order valence-electron chi connectivity index (χ4n) is 1.75. The number of benzene rings is 1. The Kier molecular flexibility index (Phi) is 5.67. The normalized spacial score (nSPS) is 13.9. The minimum absolute atomic E-state index is 0.0872. The van der Waals surface area contributed by atoms with Crippen molar-refractivity contribution in [1.82, 2.24) is 10.3 Å². The second-order valence-electron chi connectivity index (χ2n) is 4.88. The summed E-state index contributed by atoms with van der Waals surface area (Å²) in [4.78, 5) is 4.40. The summed E-state index contributed by atoms with van der Waals surface area (Å²) in [5.41, 5.74) is 1.00. The minimum atomic E-state index is -0.640. The molecule has 2 unspecified atom stereocenters. The van der Waals surface area contributed by atoms with Gasteiger partial charge in [0.2, 0.25) is 0 Å². The first-order valence-corrected chi connectivity index (χ1v) is 7.64. The van der Waals surface area contributed by atoms with E-state index in [9.17, 15) is 9.50 Å². The summed E-state index contributed by atoms with van der Waals surface area (Å²) in [6, 6.07) is 5.82. The highest BCUT2D eigenvalue weighted by Gasteiger charge is 2.12. The van der Waals surface area contributed by atoms with Gasteiger partial charge in [-0.15, -0.1) is 11.3 Å². The van der Waals surface area contributed by atoms with Crippen LogP contribution < -0.4 is 10.1 Å². The zero-order valence-corrected chi connectivity index (χ0v) is 12.9. The molecule has 4 nitrogen and oxygen atoms in total. The predicted octanol–water partition coefficient (Wildman–Crippen LogP) is 2.68. The van der Waals surface area contributed by atoms with Crippen LogP contribution >= 0.6 is 11.3 Å². The molecule has 1 aromatic carbocycles. The van der Waals surface area contributed by atoms with Crippen LogP contribution in [0.3, 0.4) is 0 Å². The first kappa shape index (κ1) is 15.9. The average molecular weight is 310 g/mol. The van der Waals surface area contributed by atoms with E-state index in [1.54, 1.807) is 11.3 Å². The molecule has 2 rings (SSSR count). The largest absolute Gasteiger partial charge is 0.491 e. The van der Waals surface area contributed by atoms with Crippen molar-refractivity contribution >= 4 is 11.3 Å². The number of rotatable bonds is 7. The molecule has 1 heterocycles. The number of nitrogens with zero attached hydrogens (tertiary/aromatic N) is 1. The molecule has 2 N–H and O–H groups in total. The molecule has 114 valence electrons. The average Bonchev–Trinajstić information content (AvgIpc) is 2.91. The lowest BCUT2D eigenvalue weighted by molar-refractivity contribution is 0.104. The fourth-order valence-corrected chi connectivity index (χ4v) is 2.58. The van der Waals surface area contributed by atoms with Crippen molar-refractivity contribution in [3.05, 3.63) is 46.2 Å². The smallest absolute Gasteiger partial charge is 0.123 e. The summed E-state index contributed by atoms with van der Waals surface area (Å²) in [5.74, 6) is 0.233. The van der Waals surface area contributed by atoms with Gasteiger partial charge in [0.1, 0.15) is 29.3 Å². The second-order valence-corrected chi connectivity index (χ2v) is 5.77. The molecule has 21 heavy (non-hydrogen) atoms. The molecule has 6 heteroatoms. The van der Waals surface area contributed by atoms with E-state index >= 15 is 0 Å². The molecule has 2 aromatic rings. The maximum Gasteiger partial charge on any atom is 0.123 e. The number of nitrogens with one attached hydrogen (secondary N) is 1. The quantitative estimate of drug-likeness (QED) is 0.825. The van der Waals surface area contributed by atoms with Crippen molar-refractivity contribution in [1.29, 1.82) is 0 Å². The molecule has 0 saturated carbocycles. The predicted molar refractivity (Wildman–Crippen MR) is 81.2 cm³/mol. The molecular formula is C15H19FN2O2S. The maximum absolute atomic E-state index is 12.7. The van der Waals surface area contributed by atoms with Gasteiger partial charge in [-0.1, -0.05) is 0 Å². The van der Waals surface area contributed by atoms with Crippen LogP contribution in [0.2, 0.25) is 0 Å². The van der Waals surface area contributed by atoms with Crippen LogP contribution in [0.1, 0.15) is 23.7 Å². The third-order valence-electron chi connectivity index (χ3n) is 2.92. The Morgan fingerprint density at radius 2 is 2.10 bits per heavy atom. The Balaban J connectivity index is 1.72. The molecule has 0 radical (unpaired) electrons. The van der Waals surface area contributed by atoms with Crippen molar-refractivity contribution in [3.8, 4) is 5.75 Å². The van der Waals surface area contributed by atoms with Crippen LogP contribution in [0, 0.1) is 12.7 Å². The molecule has 0 fully saturated rings. The van der Waals surface area contributed by atoms with Gasteiger partial charge in [0.15, 0.2) is 0 Å². The monoisotopic (exact) mass is 310 g/mol. The molecule has 0 aliphatic heterocycles. The van der Waals surface area contributed by atoms with E-state index < -0.39 is 6.10 Å². The molecular weight excluding hydrogens is 291 g/mol. The van der Waals surface area contributed by atoms with E-state index in [-0.39, 0.29) is 18.5 Å². The summed E-state index contributed by atoms with van der Waals surface area (Å²) < 4.78 is 18.1. The first-order valence-electron chi connectivity index (χ1n) is 6.76. The summed E-state index contributed by atoms with van der Waals surface area (Å²) >= 11 is 1.60. The van der Waals surface area contributed by atoms with Crippen LogP contribution in [0.15, 0.2) is 29.6 Å². The van der Waals surface area contributed by atoms with E-state index in [0.717, 1.165) is 10.7 Å². The lowest BCUT2D eigenvalue weighted by Crippen LogP contribution is -2.33. The molecule has 0 amide bonds. The van der Waals surface area contributed by atoms with Gasteiger partial charge in [0.05, 0.1) is 6.04 Å². The van der Waals surface area contributed by atoms with Crippen LogP contribution in [-0.2, 0) is 0 Å². The van der Waals surface area contributed by atoms with Gasteiger partial charge in [-0.2, -0.15) is 0 Å². The van der Waals surface area contributed by atoms with E-state index in [1.165, 1.54) is 24.3 Å². The van der Waals surface area contributed by atoms with Crippen molar-refractivity contribution in [2.75, 3.05) is 13.2 Å². The van der Waals surface area contributed by atoms with E-state index in [0.29, 0.717) is 12.3 Å². The Morgan fingerprint density at radius 1 is 1.38 bits per heavy atom. The molecule has 0 spiro atoms. The third kappa shape index (κ3) is 5.08. The van der Waals surface area contributed by atoms with Crippen LogP contribution in [0.25, 0.3) is 0 Å². The number of aliphatic hydroxyl groups is 1. The number of hydrogen-bond acceptors (Lipinski definition) is 5. The van der Waals surface area contributed by atoms with E-state index in [1.807, 2.05) is 19.2 Å². The number of aryl methyl sites for hydroxylation is 1. The van der Waals surface area contributed by atoms with Gasteiger partial charge in [-0.05, 0) is 38.1 Å². The summed E-state index contributed by atoms with van der Waals surface area (Å²) in [6.07, 6.45) is -0.640. The summed E-state index contributed by atoms with van der Waals surface area (Å²) in [6.45, 7) is 4.52. The molecule has 0 aliphatic carbocycles. The highest BCUT2D eigenvalue weighted by molar-refractivity contribution is 7.09. The Bertz CT molecular complexity index is 559. The van der Waals surface area contributed by atoms with Gasteiger partial charge < -0.3 is 15.2 Å². The maximum atomic E-state index is 12.7. The molecule has 0 aliphatic rings. The SMILES string of the molecule is Cc1csc(C(C)NCC(O)COc2ccc(F)cc2)n1. The van der Waals surface area contributed by atoms with Gasteiger partial charge >= 0.3 is 0 Å². The van der Waals surface area contributed by atoms with Crippen LogP contribution in [0.4, 0.5) is 4.39 Å². The highest BCUT2D eigenvalue weighted by Crippen LogP contribution is 2.17. The molecule has 2 atom stereocenters. The minimum Gasteiger partial charge on any atom is -0.491 e. The number of thiazole rings is 1. The topological polar surface area (TPSA) is 54.4 Å². The van der Waals surface area contributed by atoms with Gasteiger partial charge in [-0.25, -0.2) is 9.37 Å². The summed E-state index contributed by atoms with van der Waals surface area (Å²) in [7, 11) is 0. The standard InChI is InChI=1S/C15H19FN2O2S/c1-10-9-21-15(18-10)11(2)17-7-13(19)8-20-14-5-3-12(16)4-6-14/h3-6,9,11,13,17,19H,7-8H2,1-2H3. The van der Waals surface area contributed by atoms with Gasteiger partial charge in [0.25, 0.3) is 0 Å². The lowest BCUT2D eigenvalue weighted by Gasteiger charge is -2.16.